The van der Waals surface area contributed by atoms with E-state index in [4.69, 9.17) is 21.6 Å². The molecule has 0 saturated heterocycles. The highest BCUT2D eigenvalue weighted by Gasteiger charge is 2.23. The number of rotatable bonds is 2. The molecule has 0 aromatic heterocycles. The van der Waals surface area contributed by atoms with Crippen molar-refractivity contribution in [2.75, 3.05) is 0 Å². The van der Waals surface area contributed by atoms with Gasteiger partial charge in [-0.2, -0.15) is 5.26 Å². The lowest BCUT2D eigenvalue weighted by atomic mass is 10.1. The summed E-state index contributed by atoms with van der Waals surface area (Å²) in [5, 5.41) is 19.2. The molecule has 1 aromatic rings. The molecule has 96 valence electrons. The zero-order valence-electron chi connectivity index (χ0n) is 10.1. The molecule has 0 heterocycles. The van der Waals surface area contributed by atoms with Gasteiger partial charge in [0.15, 0.2) is 0 Å². The summed E-state index contributed by atoms with van der Waals surface area (Å²) in [6.07, 6.45) is 4.33. The second kappa shape index (κ2) is 6.08. The van der Waals surface area contributed by atoms with Crippen LogP contribution in [0.3, 0.4) is 0 Å². The molecule has 1 aliphatic rings. The maximum atomic E-state index is 9.97. The molecule has 2 unspecified atom stereocenters. The first-order valence-corrected chi connectivity index (χ1v) is 6.63. The van der Waals surface area contributed by atoms with E-state index >= 15 is 0 Å². The summed E-state index contributed by atoms with van der Waals surface area (Å²) in [7, 11) is 0. The largest absolute Gasteiger partial charge is 0.488 e. The lowest BCUT2D eigenvalue weighted by Crippen LogP contribution is -2.30. The van der Waals surface area contributed by atoms with Gasteiger partial charge in [-0.05, 0) is 31.4 Å². The van der Waals surface area contributed by atoms with E-state index < -0.39 is 6.10 Å². The fraction of sp³-hybridized carbons (Fsp3) is 0.500. The minimum Gasteiger partial charge on any atom is -0.488 e. The monoisotopic (exact) mass is 265 g/mol. The summed E-state index contributed by atoms with van der Waals surface area (Å²) < 4.78 is 5.78. The van der Waals surface area contributed by atoms with E-state index in [0.29, 0.717) is 16.3 Å². The number of hydrogen-bond acceptors (Lipinski definition) is 3. The molecule has 1 fully saturated rings. The second-order valence-electron chi connectivity index (χ2n) is 4.62. The Bertz CT molecular complexity index is 456. The number of nitriles is 1. The van der Waals surface area contributed by atoms with Crippen LogP contribution >= 0.6 is 11.6 Å². The standard InChI is InChI=1S/C14H16ClNO2/c15-12-8-11(7-6-10(12)9-16)18-14-5-3-1-2-4-13(14)17/h6-8,13-14,17H,1-5H2. The van der Waals surface area contributed by atoms with Crippen LogP contribution in [-0.4, -0.2) is 17.3 Å². The first-order chi connectivity index (χ1) is 8.70. The summed E-state index contributed by atoms with van der Waals surface area (Å²) in [4.78, 5) is 0. The summed E-state index contributed by atoms with van der Waals surface area (Å²) in [6.45, 7) is 0. The molecule has 4 heteroatoms. The van der Waals surface area contributed by atoms with Crippen molar-refractivity contribution in [2.24, 2.45) is 0 Å². The number of benzene rings is 1. The van der Waals surface area contributed by atoms with Crippen LogP contribution in [0.4, 0.5) is 0 Å². The van der Waals surface area contributed by atoms with Crippen LogP contribution in [0.25, 0.3) is 0 Å². The highest BCUT2D eigenvalue weighted by molar-refractivity contribution is 6.31. The number of nitrogens with zero attached hydrogens (tertiary/aromatic N) is 1. The number of ether oxygens (including phenoxy) is 1. The van der Waals surface area contributed by atoms with Gasteiger partial charge in [0.25, 0.3) is 0 Å². The Morgan fingerprint density at radius 3 is 2.78 bits per heavy atom. The first kappa shape index (κ1) is 13.2. The minimum absolute atomic E-state index is 0.170. The maximum absolute atomic E-state index is 9.97. The van der Waals surface area contributed by atoms with Crippen molar-refractivity contribution in [2.45, 2.75) is 44.3 Å². The second-order valence-corrected chi connectivity index (χ2v) is 5.02. The molecule has 1 saturated carbocycles. The molecule has 1 N–H and O–H groups in total. The molecule has 1 aromatic carbocycles. The van der Waals surface area contributed by atoms with Gasteiger partial charge >= 0.3 is 0 Å². The number of aliphatic hydroxyl groups excluding tert-OH is 1. The van der Waals surface area contributed by atoms with Gasteiger partial charge in [-0.3, -0.25) is 0 Å². The average Bonchev–Trinajstić information content (AvgIpc) is 2.55. The molecule has 0 radical (unpaired) electrons. The Hall–Kier alpha value is -1.24. The van der Waals surface area contributed by atoms with Gasteiger partial charge in [0, 0.05) is 6.07 Å². The van der Waals surface area contributed by atoms with Gasteiger partial charge in [-0.1, -0.05) is 24.4 Å². The summed E-state index contributed by atoms with van der Waals surface area (Å²) in [5.74, 6) is 0.616. The van der Waals surface area contributed by atoms with Crippen molar-refractivity contribution < 1.29 is 9.84 Å². The van der Waals surface area contributed by atoms with Crippen molar-refractivity contribution in [3.05, 3.63) is 28.8 Å². The van der Waals surface area contributed by atoms with Gasteiger partial charge in [-0.25, -0.2) is 0 Å². The van der Waals surface area contributed by atoms with Gasteiger partial charge in [0.1, 0.15) is 17.9 Å². The van der Waals surface area contributed by atoms with Gasteiger partial charge < -0.3 is 9.84 Å². The molecule has 0 amide bonds. The zero-order chi connectivity index (χ0) is 13.0. The molecule has 2 rings (SSSR count). The third kappa shape index (κ3) is 3.16. The third-order valence-corrected chi connectivity index (χ3v) is 3.58. The highest BCUT2D eigenvalue weighted by Crippen LogP contribution is 2.26. The molecule has 0 spiro atoms. The van der Waals surface area contributed by atoms with Crippen LogP contribution < -0.4 is 4.74 Å². The fourth-order valence-corrected chi connectivity index (χ4v) is 2.44. The Kier molecular flexibility index (Phi) is 4.46. The van der Waals surface area contributed by atoms with Crippen LogP contribution in [0.5, 0.6) is 5.75 Å². The van der Waals surface area contributed by atoms with E-state index in [0.717, 1.165) is 32.1 Å². The summed E-state index contributed by atoms with van der Waals surface area (Å²) in [6, 6.07) is 7.01. The van der Waals surface area contributed by atoms with Crippen molar-refractivity contribution >= 4 is 11.6 Å². The van der Waals surface area contributed by atoms with E-state index in [1.165, 1.54) is 0 Å². The molecular formula is C14H16ClNO2. The Balaban J connectivity index is 2.08. The van der Waals surface area contributed by atoms with E-state index in [-0.39, 0.29) is 6.10 Å². The fourth-order valence-electron chi connectivity index (χ4n) is 2.23. The van der Waals surface area contributed by atoms with Crippen molar-refractivity contribution in [1.82, 2.24) is 0 Å². The Labute approximate surface area is 112 Å². The maximum Gasteiger partial charge on any atom is 0.124 e. The van der Waals surface area contributed by atoms with Crippen LogP contribution in [0.15, 0.2) is 18.2 Å². The topological polar surface area (TPSA) is 53.2 Å². The molecule has 3 nitrogen and oxygen atoms in total. The first-order valence-electron chi connectivity index (χ1n) is 6.25. The van der Waals surface area contributed by atoms with E-state index in [1.54, 1.807) is 18.2 Å². The van der Waals surface area contributed by atoms with Crippen LogP contribution in [0.1, 0.15) is 37.7 Å². The third-order valence-electron chi connectivity index (χ3n) is 3.27. The molecule has 1 aliphatic carbocycles. The summed E-state index contributed by atoms with van der Waals surface area (Å²) >= 11 is 5.95. The lowest BCUT2D eigenvalue weighted by molar-refractivity contribution is 0.0320. The predicted molar refractivity (Wildman–Crippen MR) is 69.7 cm³/mol. The van der Waals surface area contributed by atoms with Crippen LogP contribution in [-0.2, 0) is 0 Å². The quantitative estimate of drug-likeness (QED) is 0.835. The molecule has 0 aliphatic heterocycles. The normalized spacial score (nSPS) is 24.1. The molecule has 0 bridgehead atoms. The van der Waals surface area contributed by atoms with E-state index in [1.807, 2.05) is 6.07 Å². The number of aliphatic hydroxyl groups is 1. The average molecular weight is 266 g/mol. The van der Waals surface area contributed by atoms with E-state index in [9.17, 15) is 5.11 Å². The van der Waals surface area contributed by atoms with Gasteiger partial charge in [0.05, 0.1) is 16.7 Å². The molecule has 18 heavy (non-hydrogen) atoms. The van der Waals surface area contributed by atoms with Crippen molar-refractivity contribution in [3.8, 4) is 11.8 Å². The minimum atomic E-state index is -0.415. The van der Waals surface area contributed by atoms with Crippen molar-refractivity contribution in [3.63, 3.8) is 0 Å². The Morgan fingerprint density at radius 1 is 1.28 bits per heavy atom. The van der Waals surface area contributed by atoms with Gasteiger partial charge in [0.2, 0.25) is 0 Å². The zero-order valence-corrected chi connectivity index (χ0v) is 10.9. The molecule has 2 atom stereocenters. The smallest absolute Gasteiger partial charge is 0.124 e. The number of hydrogen-bond donors (Lipinski definition) is 1. The predicted octanol–water partition coefficient (Wildman–Crippen LogP) is 3.28. The highest BCUT2D eigenvalue weighted by atomic mass is 35.5. The number of halogens is 1. The Morgan fingerprint density at radius 2 is 2.06 bits per heavy atom. The molecular weight excluding hydrogens is 250 g/mol. The SMILES string of the molecule is N#Cc1ccc(OC2CCCCCC2O)cc1Cl. The van der Waals surface area contributed by atoms with E-state index in [2.05, 4.69) is 0 Å². The lowest BCUT2D eigenvalue weighted by Gasteiger charge is -2.22. The van der Waals surface area contributed by atoms with Crippen molar-refractivity contribution in [1.29, 1.82) is 5.26 Å². The summed E-state index contributed by atoms with van der Waals surface area (Å²) in [5.41, 5.74) is 0.436. The van der Waals surface area contributed by atoms with Gasteiger partial charge in [-0.15, -0.1) is 0 Å². The van der Waals surface area contributed by atoms with Crippen LogP contribution in [0, 0.1) is 11.3 Å². The van der Waals surface area contributed by atoms with Crippen LogP contribution in [0.2, 0.25) is 5.02 Å².